The molecule has 0 amide bonds. The number of rotatable bonds is 6. The number of phenols is 1. The highest BCUT2D eigenvalue weighted by Crippen LogP contribution is 2.35. The second-order valence-corrected chi connectivity index (χ2v) is 6.20. The van der Waals surface area contributed by atoms with Crippen LogP contribution in [-0.4, -0.2) is 43.3 Å². The van der Waals surface area contributed by atoms with Crippen LogP contribution >= 0.6 is 24.8 Å². The maximum absolute atomic E-state index is 9.68. The second kappa shape index (κ2) is 11.0. The molecular formula is C17H30Cl2N2O2. The number of methoxy groups -OCH3 is 1. The molecule has 0 aromatic heterocycles. The SMILES string of the molecule is COc1cc(O)ccc1[C@@H](CCC(C)C)N1CCNCC1.Cl.Cl. The van der Waals surface area contributed by atoms with Crippen LogP contribution in [0.15, 0.2) is 18.2 Å². The van der Waals surface area contributed by atoms with Crippen molar-refractivity contribution in [1.29, 1.82) is 0 Å². The molecule has 1 aliphatic rings. The van der Waals surface area contributed by atoms with Crippen LogP contribution in [0, 0.1) is 5.92 Å². The van der Waals surface area contributed by atoms with Gasteiger partial charge in [-0.3, -0.25) is 4.90 Å². The van der Waals surface area contributed by atoms with Gasteiger partial charge in [0.15, 0.2) is 0 Å². The number of hydrogen-bond acceptors (Lipinski definition) is 4. The number of hydrogen-bond donors (Lipinski definition) is 2. The van der Waals surface area contributed by atoms with Gasteiger partial charge in [-0.1, -0.05) is 19.9 Å². The van der Waals surface area contributed by atoms with Gasteiger partial charge in [-0.25, -0.2) is 0 Å². The van der Waals surface area contributed by atoms with E-state index in [1.54, 1.807) is 19.2 Å². The Balaban J connectivity index is 0.00000242. The van der Waals surface area contributed by atoms with E-state index in [9.17, 15) is 5.11 Å². The number of ether oxygens (including phenoxy) is 1. The van der Waals surface area contributed by atoms with Gasteiger partial charge in [0.1, 0.15) is 11.5 Å². The second-order valence-electron chi connectivity index (χ2n) is 6.20. The van der Waals surface area contributed by atoms with E-state index in [0.29, 0.717) is 12.0 Å². The highest BCUT2D eigenvalue weighted by molar-refractivity contribution is 5.85. The lowest BCUT2D eigenvalue weighted by Gasteiger charge is -2.36. The summed E-state index contributed by atoms with van der Waals surface area (Å²) in [5, 5.41) is 13.1. The molecule has 1 aromatic rings. The molecule has 2 N–H and O–H groups in total. The van der Waals surface area contributed by atoms with E-state index in [1.165, 1.54) is 12.0 Å². The molecule has 4 nitrogen and oxygen atoms in total. The Morgan fingerprint density at radius 2 is 1.83 bits per heavy atom. The lowest BCUT2D eigenvalue weighted by atomic mass is 9.95. The van der Waals surface area contributed by atoms with Gasteiger partial charge in [0.25, 0.3) is 0 Å². The molecule has 6 heteroatoms. The van der Waals surface area contributed by atoms with Crippen LogP contribution in [0.1, 0.15) is 38.3 Å². The molecule has 0 bridgehead atoms. The molecule has 1 saturated heterocycles. The minimum atomic E-state index is 0. The van der Waals surface area contributed by atoms with E-state index >= 15 is 0 Å². The first-order valence-electron chi connectivity index (χ1n) is 7.93. The van der Waals surface area contributed by atoms with Crippen molar-refractivity contribution in [2.75, 3.05) is 33.3 Å². The lowest BCUT2D eigenvalue weighted by Crippen LogP contribution is -2.45. The smallest absolute Gasteiger partial charge is 0.127 e. The van der Waals surface area contributed by atoms with Gasteiger partial charge >= 0.3 is 0 Å². The first-order chi connectivity index (χ1) is 10.1. The third-order valence-corrected chi connectivity index (χ3v) is 4.19. The van der Waals surface area contributed by atoms with E-state index in [2.05, 4.69) is 24.1 Å². The van der Waals surface area contributed by atoms with Gasteiger partial charge < -0.3 is 15.2 Å². The molecule has 0 aliphatic carbocycles. The van der Waals surface area contributed by atoms with E-state index in [0.717, 1.165) is 38.3 Å². The molecule has 1 aromatic carbocycles. The van der Waals surface area contributed by atoms with Crippen LogP contribution in [0.25, 0.3) is 0 Å². The molecule has 0 saturated carbocycles. The predicted octanol–water partition coefficient (Wildman–Crippen LogP) is 3.63. The molecule has 0 spiro atoms. The Bertz CT molecular complexity index is 452. The molecular weight excluding hydrogens is 335 g/mol. The van der Waals surface area contributed by atoms with Gasteiger partial charge in [-0.15, -0.1) is 24.8 Å². The third-order valence-electron chi connectivity index (χ3n) is 4.19. The molecule has 0 radical (unpaired) electrons. The zero-order valence-corrected chi connectivity index (χ0v) is 15.9. The normalized spacial score (nSPS) is 16.3. The van der Waals surface area contributed by atoms with Crippen LogP contribution in [0.4, 0.5) is 0 Å². The standard InChI is InChI=1S/C17H28N2O2.2ClH/c1-13(2)4-7-16(19-10-8-18-9-11-19)15-6-5-14(20)12-17(15)21-3;;/h5-6,12-13,16,18,20H,4,7-11H2,1-3H3;2*1H/t16-;;/m1../s1. The summed E-state index contributed by atoms with van der Waals surface area (Å²) in [4.78, 5) is 2.54. The Kier molecular flexibility index (Phi) is 10.7. The minimum absolute atomic E-state index is 0. The highest BCUT2D eigenvalue weighted by Gasteiger charge is 2.25. The van der Waals surface area contributed by atoms with Crippen molar-refractivity contribution in [3.63, 3.8) is 0 Å². The largest absolute Gasteiger partial charge is 0.508 e. The average Bonchev–Trinajstić information content (AvgIpc) is 2.49. The summed E-state index contributed by atoms with van der Waals surface area (Å²) >= 11 is 0. The number of nitrogens with one attached hydrogen (secondary N) is 1. The van der Waals surface area contributed by atoms with Crippen molar-refractivity contribution in [1.82, 2.24) is 10.2 Å². The first kappa shape index (κ1) is 22.3. The van der Waals surface area contributed by atoms with E-state index < -0.39 is 0 Å². The number of piperazine rings is 1. The summed E-state index contributed by atoms with van der Waals surface area (Å²) in [5.74, 6) is 1.75. The molecule has 1 aliphatic heterocycles. The van der Waals surface area contributed by atoms with Gasteiger partial charge in [0.05, 0.1) is 7.11 Å². The number of aromatic hydroxyl groups is 1. The molecule has 23 heavy (non-hydrogen) atoms. The van der Waals surface area contributed by atoms with Crippen molar-refractivity contribution < 1.29 is 9.84 Å². The van der Waals surface area contributed by atoms with Gasteiger partial charge in [-0.05, 0) is 24.8 Å². The van der Waals surface area contributed by atoms with Crippen LogP contribution in [0.3, 0.4) is 0 Å². The van der Waals surface area contributed by atoms with Crippen LogP contribution in [-0.2, 0) is 0 Å². The average molecular weight is 365 g/mol. The van der Waals surface area contributed by atoms with Crippen LogP contribution < -0.4 is 10.1 Å². The topological polar surface area (TPSA) is 44.7 Å². The third kappa shape index (κ3) is 6.38. The van der Waals surface area contributed by atoms with Gasteiger partial charge in [-0.2, -0.15) is 0 Å². The number of benzene rings is 1. The van der Waals surface area contributed by atoms with Gasteiger partial charge in [0, 0.05) is 43.9 Å². The van der Waals surface area contributed by atoms with E-state index in [-0.39, 0.29) is 30.6 Å². The fourth-order valence-corrected chi connectivity index (χ4v) is 2.99. The summed E-state index contributed by atoms with van der Waals surface area (Å²) in [6.45, 7) is 8.74. The van der Waals surface area contributed by atoms with Crippen molar-refractivity contribution in [2.24, 2.45) is 5.92 Å². The molecule has 1 fully saturated rings. The quantitative estimate of drug-likeness (QED) is 0.808. The molecule has 1 heterocycles. The number of phenolic OH excluding ortho intramolecular Hbond substituents is 1. The van der Waals surface area contributed by atoms with Crippen LogP contribution in [0.2, 0.25) is 0 Å². The van der Waals surface area contributed by atoms with Crippen molar-refractivity contribution in [2.45, 2.75) is 32.7 Å². The number of nitrogens with zero attached hydrogens (tertiary/aromatic N) is 1. The van der Waals surface area contributed by atoms with Crippen molar-refractivity contribution >= 4 is 24.8 Å². The zero-order valence-electron chi connectivity index (χ0n) is 14.2. The Morgan fingerprint density at radius 1 is 1.17 bits per heavy atom. The predicted molar refractivity (Wildman–Crippen MR) is 100 cm³/mol. The lowest BCUT2D eigenvalue weighted by molar-refractivity contribution is 0.157. The fraction of sp³-hybridized carbons (Fsp3) is 0.647. The van der Waals surface area contributed by atoms with E-state index in [1.807, 2.05) is 6.07 Å². The Hall–Kier alpha value is -0.680. The number of halogens is 2. The zero-order chi connectivity index (χ0) is 15.2. The monoisotopic (exact) mass is 364 g/mol. The molecule has 1 atom stereocenters. The summed E-state index contributed by atoms with van der Waals surface area (Å²) < 4.78 is 5.50. The maximum atomic E-state index is 9.68. The minimum Gasteiger partial charge on any atom is -0.508 e. The fourth-order valence-electron chi connectivity index (χ4n) is 2.99. The maximum Gasteiger partial charge on any atom is 0.127 e. The summed E-state index contributed by atoms with van der Waals surface area (Å²) in [5.41, 5.74) is 1.19. The van der Waals surface area contributed by atoms with Crippen molar-refractivity contribution in [3.8, 4) is 11.5 Å². The summed E-state index contributed by atoms with van der Waals surface area (Å²) in [6.07, 6.45) is 2.32. The van der Waals surface area contributed by atoms with Gasteiger partial charge in [0.2, 0.25) is 0 Å². The summed E-state index contributed by atoms with van der Waals surface area (Å²) in [6, 6.07) is 5.87. The van der Waals surface area contributed by atoms with Crippen molar-refractivity contribution in [3.05, 3.63) is 23.8 Å². The molecule has 134 valence electrons. The molecule has 2 rings (SSSR count). The highest BCUT2D eigenvalue weighted by atomic mass is 35.5. The Morgan fingerprint density at radius 3 is 2.39 bits per heavy atom. The Labute approximate surface area is 152 Å². The van der Waals surface area contributed by atoms with Crippen LogP contribution in [0.5, 0.6) is 11.5 Å². The molecule has 0 unspecified atom stereocenters. The summed E-state index contributed by atoms with van der Waals surface area (Å²) in [7, 11) is 1.68. The van der Waals surface area contributed by atoms with E-state index in [4.69, 9.17) is 4.74 Å². The first-order valence-corrected chi connectivity index (χ1v) is 7.93.